The van der Waals surface area contributed by atoms with E-state index < -0.39 is 11.4 Å². The lowest BCUT2D eigenvalue weighted by Gasteiger charge is -2.33. The quantitative estimate of drug-likeness (QED) is 0.582. The van der Waals surface area contributed by atoms with Crippen LogP contribution in [0, 0.1) is 5.41 Å². The third-order valence-electron chi connectivity index (χ3n) is 3.96. The molecule has 0 saturated heterocycles. The second-order valence-corrected chi connectivity index (χ2v) is 6.67. The minimum atomic E-state index is -1.06. The van der Waals surface area contributed by atoms with Crippen LogP contribution in [0.25, 0.3) is 0 Å². The van der Waals surface area contributed by atoms with Crippen molar-refractivity contribution in [3.8, 4) is 0 Å². The number of halogens is 2. The molecule has 1 atom stereocenters. The molecule has 0 bridgehead atoms. The van der Waals surface area contributed by atoms with Crippen LogP contribution in [0.4, 0.5) is 0 Å². The molecule has 2 rings (SSSR count). The summed E-state index contributed by atoms with van der Waals surface area (Å²) >= 11 is 9.60. The van der Waals surface area contributed by atoms with Crippen molar-refractivity contribution in [2.24, 2.45) is 5.41 Å². The van der Waals surface area contributed by atoms with Gasteiger partial charge in [0.25, 0.3) is 0 Å². The van der Waals surface area contributed by atoms with E-state index in [1.54, 1.807) is 13.0 Å². The Morgan fingerprint density at radius 3 is 2.81 bits per heavy atom. The van der Waals surface area contributed by atoms with E-state index >= 15 is 0 Å². The summed E-state index contributed by atoms with van der Waals surface area (Å²) < 4.78 is 6.05. The first-order valence-corrected chi connectivity index (χ1v) is 8.31. The average Bonchev–Trinajstić information content (AvgIpc) is 2.44. The Labute approximate surface area is 138 Å². The Morgan fingerprint density at radius 1 is 1.43 bits per heavy atom. The van der Waals surface area contributed by atoms with Gasteiger partial charge in [0.05, 0.1) is 6.61 Å². The Balaban J connectivity index is 2.35. The summed E-state index contributed by atoms with van der Waals surface area (Å²) in [5.74, 6) is -0.431. The van der Waals surface area contributed by atoms with Crippen LogP contribution < -0.4 is 0 Å². The van der Waals surface area contributed by atoms with Gasteiger partial charge >= 0.3 is 5.97 Å². The molecule has 114 valence electrons. The first-order chi connectivity index (χ1) is 9.99. The van der Waals surface area contributed by atoms with Gasteiger partial charge in [-0.05, 0) is 43.9 Å². The fourth-order valence-electron chi connectivity index (χ4n) is 2.83. The molecule has 0 amide bonds. The minimum absolute atomic E-state index is 0.0221. The smallest absolute Gasteiger partial charge is 0.319 e. The van der Waals surface area contributed by atoms with Gasteiger partial charge in [-0.15, -0.1) is 0 Å². The van der Waals surface area contributed by atoms with E-state index in [0.29, 0.717) is 24.3 Å². The highest BCUT2D eigenvalue weighted by molar-refractivity contribution is 9.10. The second-order valence-electron chi connectivity index (χ2n) is 5.35. The predicted octanol–water partition coefficient (Wildman–Crippen LogP) is 4.34. The summed E-state index contributed by atoms with van der Waals surface area (Å²) in [7, 11) is 0. The fourth-order valence-corrected chi connectivity index (χ4v) is 3.57. The largest absolute Gasteiger partial charge is 0.465 e. The van der Waals surface area contributed by atoms with E-state index in [2.05, 4.69) is 15.9 Å². The Hall–Kier alpha value is -0.870. The number of carbonyl (C=O) groups is 2. The van der Waals surface area contributed by atoms with Gasteiger partial charge in [0.2, 0.25) is 0 Å². The number of hydrogen-bond donors (Lipinski definition) is 0. The van der Waals surface area contributed by atoms with Crippen LogP contribution in [0.15, 0.2) is 22.7 Å². The van der Waals surface area contributed by atoms with Gasteiger partial charge in [0.1, 0.15) is 5.41 Å². The molecule has 1 aromatic carbocycles. The molecule has 0 heterocycles. The summed E-state index contributed by atoms with van der Waals surface area (Å²) in [5, 5.41) is 0.562. The minimum Gasteiger partial charge on any atom is -0.465 e. The van der Waals surface area contributed by atoms with Gasteiger partial charge in [-0.25, -0.2) is 0 Å². The molecule has 1 unspecified atom stereocenters. The SMILES string of the molecule is CCOC(=O)C1(Cc2ccc(Br)cc2Cl)CCCCC1=O. The number of benzene rings is 1. The lowest BCUT2D eigenvalue weighted by molar-refractivity contribution is -0.162. The topological polar surface area (TPSA) is 43.4 Å². The Morgan fingerprint density at radius 2 is 2.19 bits per heavy atom. The van der Waals surface area contributed by atoms with E-state index in [0.717, 1.165) is 22.9 Å². The van der Waals surface area contributed by atoms with E-state index in [1.807, 2.05) is 12.1 Å². The molecule has 0 aliphatic heterocycles. The maximum absolute atomic E-state index is 12.5. The van der Waals surface area contributed by atoms with Crippen molar-refractivity contribution in [1.82, 2.24) is 0 Å². The molecule has 3 nitrogen and oxygen atoms in total. The summed E-state index contributed by atoms with van der Waals surface area (Å²) in [6.07, 6.45) is 2.99. The molecule has 21 heavy (non-hydrogen) atoms. The normalized spacial score (nSPS) is 22.1. The Bertz CT molecular complexity index is 558. The number of rotatable bonds is 4. The fraction of sp³-hybridized carbons (Fsp3) is 0.500. The monoisotopic (exact) mass is 372 g/mol. The second kappa shape index (κ2) is 6.93. The van der Waals surface area contributed by atoms with Gasteiger partial charge < -0.3 is 4.74 Å². The number of Topliss-reactive ketones (excluding diaryl/α,β-unsaturated/α-hetero) is 1. The molecule has 0 N–H and O–H groups in total. The molecule has 1 aromatic rings. The van der Waals surface area contributed by atoms with Gasteiger partial charge in [-0.3, -0.25) is 9.59 Å². The van der Waals surface area contributed by atoms with Crippen LogP contribution in [-0.4, -0.2) is 18.4 Å². The van der Waals surface area contributed by atoms with Crippen molar-refractivity contribution < 1.29 is 14.3 Å². The van der Waals surface area contributed by atoms with E-state index in [1.165, 1.54) is 0 Å². The van der Waals surface area contributed by atoms with Gasteiger partial charge in [0, 0.05) is 15.9 Å². The van der Waals surface area contributed by atoms with E-state index in [4.69, 9.17) is 16.3 Å². The van der Waals surface area contributed by atoms with Gasteiger partial charge in [0.15, 0.2) is 5.78 Å². The van der Waals surface area contributed by atoms with Crippen LogP contribution in [-0.2, 0) is 20.7 Å². The highest BCUT2D eigenvalue weighted by Gasteiger charge is 2.48. The van der Waals surface area contributed by atoms with Crippen molar-refractivity contribution in [3.63, 3.8) is 0 Å². The maximum Gasteiger partial charge on any atom is 0.319 e. The lowest BCUT2D eigenvalue weighted by atomic mass is 9.69. The predicted molar refractivity (Wildman–Crippen MR) is 85.4 cm³/mol. The molecular weight excluding hydrogens is 356 g/mol. The van der Waals surface area contributed by atoms with Crippen molar-refractivity contribution >= 4 is 39.3 Å². The molecule has 5 heteroatoms. The standard InChI is InChI=1S/C16H18BrClO3/c1-2-21-15(20)16(8-4-3-5-14(16)19)10-11-6-7-12(17)9-13(11)18/h6-7,9H,2-5,8,10H2,1H3. The molecule has 1 saturated carbocycles. The first kappa shape index (κ1) is 16.5. The lowest BCUT2D eigenvalue weighted by Crippen LogP contribution is -2.44. The third kappa shape index (κ3) is 3.49. The molecular formula is C16H18BrClO3. The first-order valence-electron chi connectivity index (χ1n) is 7.14. The Kier molecular flexibility index (Phi) is 5.44. The number of ketones is 1. The van der Waals surface area contributed by atoms with Gasteiger partial charge in [-0.2, -0.15) is 0 Å². The molecule has 0 radical (unpaired) electrons. The van der Waals surface area contributed by atoms with E-state index in [-0.39, 0.29) is 12.4 Å². The summed E-state index contributed by atoms with van der Waals surface area (Å²) in [4.78, 5) is 24.9. The molecule has 0 aromatic heterocycles. The van der Waals surface area contributed by atoms with Crippen LogP contribution in [0.3, 0.4) is 0 Å². The highest BCUT2D eigenvalue weighted by Crippen LogP contribution is 2.39. The van der Waals surface area contributed by atoms with Crippen LogP contribution in [0.1, 0.15) is 38.2 Å². The average molecular weight is 374 g/mol. The van der Waals surface area contributed by atoms with Crippen LogP contribution in [0.5, 0.6) is 0 Å². The van der Waals surface area contributed by atoms with Crippen molar-refractivity contribution in [2.45, 2.75) is 39.0 Å². The van der Waals surface area contributed by atoms with Gasteiger partial charge in [-0.1, -0.05) is 40.0 Å². The summed E-state index contributed by atoms with van der Waals surface area (Å²) in [5.41, 5.74) is -0.255. The third-order valence-corrected chi connectivity index (χ3v) is 4.81. The zero-order valence-corrected chi connectivity index (χ0v) is 14.3. The summed E-state index contributed by atoms with van der Waals surface area (Å²) in [6.45, 7) is 2.04. The van der Waals surface area contributed by atoms with Crippen molar-refractivity contribution in [2.75, 3.05) is 6.61 Å². The number of hydrogen-bond acceptors (Lipinski definition) is 3. The molecule has 1 aliphatic carbocycles. The maximum atomic E-state index is 12.5. The number of ether oxygens (including phenoxy) is 1. The van der Waals surface area contributed by atoms with Crippen molar-refractivity contribution in [1.29, 1.82) is 0 Å². The molecule has 1 fully saturated rings. The number of carbonyl (C=O) groups excluding carboxylic acids is 2. The number of esters is 1. The van der Waals surface area contributed by atoms with E-state index in [9.17, 15) is 9.59 Å². The zero-order valence-electron chi connectivity index (χ0n) is 12.0. The van der Waals surface area contributed by atoms with Crippen LogP contribution in [0.2, 0.25) is 5.02 Å². The highest BCUT2D eigenvalue weighted by atomic mass is 79.9. The van der Waals surface area contributed by atoms with Crippen molar-refractivity contribution in [3.05, 3.63) is 33.3 Å². The molecule has 0 spiro atoms. The molecule has 1 aliphatic rings. The van der Waals surface area contributed by atoms with Crippen LogP contribution >= 0.6 is 27.5 Å². The summed E-state index contributed by atoms with van der Waals surface area (Å²) in [6, 6.07) is 5.51. The zero-order chi connectivity index (χ0) is 15.5.